The number of fused-ring (bicyclic) bond motifs is 4. The van der Waals surface area contributed by atoms with E-state index in [1.165, 1.54) is 72.5 Å². The zero-order chi connectivity index (χ0) is 43.6. The fourth-order valence-electron chi connectivity index (χ4n) is 11.9. The standard InChI is InChI=1S/C57H57FN4O.Pt/c1-35(2)39-19-20-59-53(24-39)62-50-18-15-42(58)28-48(50)47-17-16-46(30-52(47)62)63-45-12-9-11-43(29-45)60-34-61(44-26-40(55(3,4)5)25-41(27-44)56(6,7)8)54-49(13-10-14-51(54)60)57-31-36-21-37(32-57)23-38(22-36)33-57;/h9-20,24-28,35-38H,21-23,31-33H2,1-8H3;/q;+2. The zero-order valence-corrected chi connectivity index (χ0v) is 40.5. The van der Waals surface area contributed by atoms with Crippen molar-refractivity contribution in [2.24, 2.45) is 17.8 Å². The van der Waals surface area contributed by atoms with Crippen molar-refractivity contribution in [1.82, 2.24) is 18.7 Å². The van der Waals surface area contributed by atoms with Gasteiger partial charge in [0.05, 0.1) is 0 Å². The van der Waals surface area contributed by atoms with E-state index in [0.29, 0.717) is 17.4 Å². The molecular formula is C57H57FN4OPt+2. The van der Waals surface area contributed by atoms with Crippen molar-refractivity contribution in [2.45, 2.75) is 116 Å². The molecule has 0 radical (unpaired) electrons. The molecule has 7 heteroatoms. The maximum atomic E-state index is 14.7. The van der Waals surface area contributed by atoms with Gasteiger partial charge in [0.1, 0.15) is 17.3 Å². The number of hydrogen-bond donors (Lipinski definition) is 0. The van der Waals surface area contributed by atoms with E-state index in [4.69, 9.17) is 9.72 Å². The third-order valence-corrected chi connectivity index (χ3v) is 14.7. The SMILES string of the molecule is CC(C)c1ccnc(-n2c3[c-]c(Oc4[c-]c([N+]5=C=[N+](c6cc(C(C)(C)C)cc(C(C)(C)C)c6)c6c5cccc6C56CC7CC(CC(C7)C5)C6)ccc4)ccc3c3cc(F)ccc32)c1.[Pt+2]. The Balaban J connectivity index is 0.00000484. The van der Waals surface area contributed by atoms with E-state index in [1.54, 1.807) is 6.07 Å². The molecule has 4 bridgehead atoms. The smallest absolute Gasteiger partial charge is 0.509 e. The molecule has 2 aromatic heterocycles. The number of para-hydroxylation sites is 1. The van der Waals surface area contributed by atoms with Gasteiger partial charge >= 0.3 is 32.8 Å². The van der Waals surface area contributed by atoms with Gasteiger partial charge in [0.2, 0.25) is 5.69 Å². The Morgan fingerprint density at radius 2 is 1.42 bits per heavy atom. The summed E-state index contributed by atoms with van der Waals surface area (Å²) in [5.41, 5.74) is 11.4. The Morgan fingerprint density at radius 3 is 2.09 bits per heavy atom. The van der Waals surface area contributed by atoms with Crippen molar-refractivity contribution < 1.29 is 30.2 Å². The molecule has 4 fully saturated rings. The topological polar surface area (TPSA) is 33.1 Å². The van der Waals surface area contributed by atoms with Crippen molar-refractivity contribution in [2.75, 3.05) is 0 Å². The normalized spacial score (nSPS) is 21.3. The number of aromatic nitrogens is 2. The van der Waals surface area contributed by atoms with Crippen LogP contribution in [0.25, 0.3) is 27.6 Å². The van der Waals surface area contributed by atoms with Crippen LogP contribution in [0.3, 0.4) is 0 Å². The van der Waals surface area contributed by atoms with Crippen molar-refractivity contribution in [3.05, 3.63) is 143 Å². The summed E-state index contributed by atoms with van der Waals surface area (Å²) < 4.78 is 28.0. The van der Waals surface area contributed by atoms with Gasteiger partial charge in [0, 0.05) is 52.4 Å². The number of benzene rings is 5. The van der Waals surface area contributed by atoms with Gasteiger partial charge in [-0.3, -0.25) is 0 Å². The van der Waals surface area contributed by atoms with Crippen molar-refractivity contribution in [1.29, 1.82) is 0 Å². The molecule has 0 atom stereocenters. The first-order valence-corrected chi connectivity index (χ1v) is 23.1. The number of hydrogen-bond acceptors (Lipinski definition) is 2. The minimum absolute atomic E-state index is 0. The second-order valence-electron chi connectivity index (χ2n) is 21.6. The van der Waals surface area contributed by atoms with Crippen LogP contribution in [-0.2, 0) is 37.3 Å². The molecule has 5 aromatic carbocycles. The second-order valence-corrected chi connectivity index (χ2v) is 21.6. The molecule has 0 amide bonds. The van der Waals surface area contributed by atoms with Crippen LogP contribution in [-0.4, -0.2) is 15.6 Å². The predicted octanol–water partition coefficient (Wildman–Crippen LogP) is 14.8. The molecule has 4 saturated carbocycles. The first kappa shape index (κ1) is 42.8. The molecule has 5 nitrogen and oxygen atoms in total. The summed E-state index contributed by atoms with van der Waals surface area (Å²) in [6, 6.07) is 44.4. The molecule has 64 heavy (non-hydrogen) atoms. The Hall–Kier alpha value is -5.15. The van der Waals surface area contributed by atoms with E-state index in [1.807, 2.05) is 42.6 Å². The molecule has 5 aliphatic rings. The summed E-state index contributed by atoms with van der Waals surface area (Å²) in [6.45, 7) is 18.2. The molecule has 0 N–H and O–H groups in total. The van der Waals surface area contributed by atoms with Crippen LogP contribution in [0.15, 0.2) is 103 Å². The Kier molecular flexibility index (Phi) is 10.4. The van der Waals surface area contributed by atoms with Crippen LogP contribution in [0.1, 0.15) is 122 Å². The Labute approximate surface area is 392 Å². The van der Waals surface area contributed by atoms with E-state index < -0.39 is 0 Å². The monoisotopic (exact) mass is 1030 g/mol. The van der Waals surface area contributed by atoms with Gasteiger partial charge in [0.25, 0.3) is 5.69 Å². The van der Waals surface area contributed by atoms with Crippen LogP contribution in [0.5, 0.6) is 11.5 Å². The average molecular weight is 1030 g/mol. The maximum Gasteiger partial charge on any atom is 2.00 e. The Morgan fingerprint density at radius 1 is 0.750 bits per heavy atom. The number of pyridine rings is 1. The summed E-state index contributed by atoms with van der Waals surface area (Å²) in [6.07, 6.45) is 9.89. The largest absolute Gasteiger partial charge is 2.00 e. The summed E-state index contributed by atoms with van der Waals surface area (Å²) in [4.78, 5) is 4.78. The first-order valence-electron chi connectivity index (χ1n) is 23.1. The van der Waals surface area contributed by atoms with Crippen molar-refractivity contribution in [3.63, 3.8) is 0 Å². The van der Waals surface area contributed by atoms with Gasteiger partial charge in [-0.2, -0.15) is 12.1 Å². The molecule has 326 valence electrons. The average Bonchev–Trinajstić information content (AvgIpc) is 3.78. The third-order valence-electron chi connectivity index (χ3n) is 14.7. The first-order chi connectivity index (χ1) is 30.1. The predicted molar refractivity (Wildman–Crippen MR) is 255 cm³/mol. The van der Waals surface area contributed by atoms with Gasteiger partial charge in [-0.05, 0) is 130 Å². The fourth-order valence-corrected chi connectivity index (χ4v) is 11.9. The van der Waals surface area contributed by atoms with E-state index in [-0.39, 0.29) is 43.1 Å². The van der Waals surface area contributed by atoms with Crippen LogP contribution in [0, 0.1) is 35.7 Å². The minimum atomic E-state index is -0.283. The molecule has 3 heterocycles. The van der Waals surface area contributed by atoms with Gasteiger partial charge in [-0.1, -0.05) is 95.8 Å². The van der Waals surface area contributed by atoms with Gasteiger partial charge in [0.15, 0.2) is 0 Å². The number of ether oxygens (including phenoxy) is 1. The zero-order valence-electron chi connectivity index (χ0n) is 38.3. The summed E-state index contributed by atoms with van der Waals surface area (Å²) in [5.74, 6) is 4.38. The third kappa shape index (κ3) is 7.30. The van der Waals surface area contributed by atoms with E-state index in [0.717, 1.165) is 62.4 Å². The molecular weight excluding hydrogens is 971 g/mol. The van der Waals surface area contributed by atoms with Crippen LogP contribution >= 0.6 is 0 Å². The van der Waals surface area contributed by atoms with E-state index in [9.17, 15) is 4.39 Å². The van der Waals surface area contributed by atoms with Gasteiger partial charge in [-0.15, -0.1) is 23.6 Å². The second kappa shape index (κ2) is 15.5. The van der Waals surface area contributed by atoms with Crippen LogP contribution in [0.4, 0.5) is 27.1 Å². The fraction of sp³-hybridized carbons (Fsp3) is 0.368. The van der Waals surface area contributed by atoms with Crippen molar-refractivity contribution in [3.8, 4) is 17.3 Å². The number of nitrogens with zero attached hydrogens (tertiary/aromatic N) is 4. The summed E-state index contributed by atoms with van der Waals surface area (Å²) in [7, 11) is 0. The van der Waals surface area contributed by atoms with E-state index >= 15 is 0 Å². The van der Waals surface area contributed by atoms with Crippen LogP contribution in [0.2, 0.25) is 0 Å². The van der Waals surface area contributed by atoms with Gasteiger partial charge < -0.3 is 9.30 Å². The molecule has 0 unspecified atom stereocenters. The maximum absolute atomic E-state index is 14.7. The van der Waals surface area contributed by atoms with Crippen molar-refractivity contribution >= 4 is 50.6 Å². The molecule has 1 aliphatic heterocycles. The molecule has 0 spiro atoms. The Bertz CT molecular complexity index is 3020. The van der Waals surface area contributed by atoms with Crippen LogP contribution < -0.4 is 13.9 Å². The molecule has 7 aromatic rings. The molecule has 4 aliphatic carbocycles. The van der Waals surface area contributed by atoms with Gasteiger partial charge in [-0.25, -0.2) is 9.37 Å². The molecule has 0 saturated heterocycles. The molecule has 12 rings (SSSR count). The quantitative estimate of drug-likeness (QED) is 0.118. The minimum Gasteiger partial charge on any atom is -0.509 e. The summed E-state index contributed by atoms with van der Waals surface area (Å²) in [5, 5.41) is 1.68. The number of rotatable bonds is 7. The summed E-state index contributed by atoms with van der Waals surface area (Å²) >= 11 is 0. The van der Waals surface area contributed by atoms with E-state index in [2.05, 4.69) is 136 Å². The number of halogens is 1.